The number of hydrogen-bond donors (Lipinski definition) is 2. The summed E-state index contributed by atoms with van der Waals surface area (Å²) in [6, 6.07) is 0. The minimum absolute atomic E-state index is 0.00926. The van der Waals surface area contributed by atoms with Gasteiger partial charge in [-0.05, 0) is 18.8 Å². The molecule has 2 N–H and O–H groups in total. The minimum Gasteiger partial charge on any atom is -0.481 e. The first-order valence-corrected chi connectivity index (χ1v) is 4.59. The first-order valence-electron chi connectivity index (χ1n) is 4.59. The molecule has 0 spiro atoms. The lowest BCUT2D eigenvalue weighted by Gasteiger charge is -2.18. The second-order valence-electron chi connectivity index (χ2n) is 3.53. The molecule has 2 unspecified atom stereocenters. The fraction of sp³-hybridized carbons (Fsp3) is 0.889. The van der Waals surface area contributed by atoms with E-state index in [2.05, 4.69) is 0 Å². The molecule has 0 radical (unpaired) electrons. The van der Waals surface area contributed by atoms with Crippen LogP contribution in [0.4, 0.5) is 0 Å². The molecule has 1 aliphatic carbocycles. The molecule has 2 atom stereocenters. The van der Waals surface area contributed by atoms with Crippen molar-refractivity contribution < 1.29 is 15.0 Å². The average molecular weight is 172 g/mol. The van der Waals surface area contributed by atoms with Crippen molar-refractivity contribution in [1.29, 1.82) is 0 Å². The van der Waals surface area contributed by atoms with Crippen molar-refractivity contribution in [2.45, 2.75) is 32.1 Å². The number of aliphatic hydroxyl groups is 1. The van der Waals surface area contributed by atoms with E-state index >= 15 is 0 Å². The third-order valence-electron chi connectivity index (χ3n) is 2.71. The van der Waals surface area contributed by atoms with Gasteiger partial charge in [-0.25, -0.2) is 0 Å². The maximum absolute atomic E-state index is 10.8. The zero-order valence-electron chi connectivity index (χ0n) is 7.20. The highest BCUT2D eigenvalue weighted by Crippen LogP contribution is 2.28. The fourth-order valence-corrected chi connectivity index (χ4v) is 1.93. The number of carboxylic acids is 1. The first-order chi connectivity index (χ1) is 5.75. The van der Waals surface area contributed by atoms with Crippen LogP contribution in [0.1, 0.15) is 32.1 Å². The average Bonchev–Trinajstić information content (AvgIpc) is 2.27. The summed E-state index contributed by atoms with van der Waals surface area (Å²) in [4.78, 5) is 10.8. The van der Waals surface area contributed by atoms with Crippen molar-refractivity contribution in [3.63, 3.8) is 0 Å². The Balaban J connectivity index is 2.57. The Labute approximate surface area is 72.4 Å². The molecule has 0 heterocycles. The molecule has 12 heavy (non-hydrogen) atoms. The van der Waals surface area contributed by atoms with Gasteiger partial charge in [-0.2, -0.15) is 0 Å². The minimum atomic E-state index is -0.740. The number of aliphatic carboxylic acids is 1. The lowest BCUT2D eigenvalue weighted by Crippen LogP contribution is -2.25. The molecule has 1 rings (SSSR count). The Bertz CT molecular complexity index is 156. The first kappa shape index (κ1) is 9.52. The highest BCUT2D eigenvalue weighted by Gasteiger charge is 2.28. The van der Waals surface area contributed by atoms with Crippen molar-refractivity contribution in [2.75, 3.05) is 6.61 Å². The summed E-state index contributed by atoms with van der Waals surface area (Å²) in [6.07, 6.45) is 4.77. The van der Waals surface area contributed by atoms with E-state index in [4.69, 9.17) is 10.2 Å². The van der Waals surface area contributed by atoms with Crippen LogP contribution in [0.15, 0.2) is 0 Å². The van der Waals surface area contributed by atoms with Gasteiger partial charge in [-0.15, -0.1) is 0 Å². The summed E-state index contributed by atoms with van der Waals surface area (Å²) in [5.74, 6) is -1.06. The SMILES string of the molecule is O=C(O)C1CCCCCC1CO. The summed E-state index contributed by atoms with van der Waals surface area (Å²) >= 11 is 0. The Morgan fingerprint density at radius 2 is 1.92 bits per heavy atom. The Hall–Kier alpha value is -0.570. The molecule has 0 bridgehead atoms. The van der Waals surface area contributed by atoms with Gasteiger partial charge in [0, 0.05) is 6.61 Å². The van der Waals surface area contributed by atoms with Crippen molar-refractivity contribution >= 4 is 5.97 Å². The van der Waals surface area contributed by atoms with Gasteiger partial charge in [0.25, 0.3) is 0 Å². The molecule has 1 saturated carbocycles. The van der Waals surface area contributed by atoms with Crippen molar-refractivity contribution in [3.8, 4) is 0 Å². The normalized spacial score (nSPS) is 31.1. The second-order valence-corrected chi connectivity index (χ2v) is 3.53. The maximum Gasteiger partial charge on any atom is 0.306 e. The summed E-state index contributed by atoms with van der Waals surface area (Å²) in [6.45, 7) is 0.0248. The van der Waals surface area contributed by atoms with Gasteiger partial charge in [-0.3, -0.25) is 4.79 Å². The highest BCUT2D eigenvalue weighted by atomic mass is 16.4. The lowest BCUT2D eigenvalue weighted by atomic mass is 9.89. The van der Waals surface area contributed by atoms with E-state index in [9.17, 15) is 4.79 Å². The van der Waals surface area contributed by atoms with Crippen LogP contribution in [0.3, 0.4) is 0 Å². The predicted molar refractivity (Wildman–Crippen MR) is 44.8 cm³/mol. The smallest absolute Gasteiger partial charge is 0.306 e. The van der Waals surface area contributed by atoms with Crippen LogP contribution in [0, 0.1) is 11.8 Å². The highest BCUT2D eigenvalue weighted by molar-refractivity contribution is 5.70. The van der Waals surface area contributed by atoms with E-state index in [1.54, 1.807) is 0 Å². The number of aliphatic hydroxyl groups excluding tert-OH is 1. The largest absolute Gasteiger partial charge is 0.481 e. The third kappa shape index (κ3) is 2.21. The van der Waals surface area contributed by atoms with Crippen molar-refractivity contribution in [2.24, 2.45) is 11.8 Å². The summed E-state index contributed by atoms with van der Waals surface area (Å²) < 4.78 is 0. The van der Waals surface area contributed by atoms with E-state index in [1.807, 2.05) is 0 Å². The molecule has 1 fully saturated rings. The molecular formula is C9H16O3. The standard InChI is InChI=1S/C9H16O3/c10-6-7-4-2-1-3-5-8(7)9(11)12/h7-8,10H,1-6H2,(H,11,12). The fourth-order valence-electron chi connectivity index (χ4n) is 1.93. The van der Waals surface area contributed by atoms with Crippen LogP contribution < -0.4 is 0 Å². The van der Waals surface area contributed by atoms with E-state index in [0.29, 0.717) is 0 Å². The van der Waals surface area contributed by atoms with Gasteiger partial charge < -0.3 is 10.2 Å². The topological polar surface area (TPSA) is 57.5 Å². The molecule has 0 aliphatic heterocycles. The molecule has 1 aliphatic rings. The van der Waals surface area contributed by atoms with Crippen molar-refractivity contribution in [3.05, 3.63) is 0 Å². The van der Waals surface area contributed by atoms with Crippen LogP contribution in [-0.2, 0) is 4.79 Å². The van der Waals surface area contributed by atoms with Gasteiger partial charge in [-0.1, -0.05) is 19.3 Å². The summed E-state index contributed by atoms with van der Waals surface area (Å²) in [5, 5.41) is 17.8. The molecule has 0 aromatic rings. The Morgan fingerprint density at radius 1 is 1.25 bits per heavy atom. The van der Waals surface area contributed by atoms with Gasteiger partial charge in [0.05, 0.1) is 5.92 Å². The zero-order chi connectivity index (χ0) is 8.97. The number of hydrogen-bond acceptors (Lipinski definition) is 2. The Kier molecular flexibility index (Phi) is 3.53. The molecular weight excluding hydrogens is 156 g/mol. The number of rotatable bonds is 2. The molecule has 0 aromatic carbocycles. The Morgan fingerprint density at radius 3 is 2.50 bits per heavy atom. The van der Waals surface area contributed by atoms with E-state index in [1.165, 1.54) is 0 Å². The van der Waals surface area contributed by atoms with Crippen molar-refractivity contribution in [1.82, 2.24) is 0 Å². The van der Waals surface area contributed by atoms with Crippen LogP contribution >= 0.6 is 0 Å². The maximum atomic E-state index is 10.8. The lowest BCUT2D eigenvalue weighted by molar-refractivity contribution is -0.144. The van der Waals surface area contributed by atoms with E-state index in [0.717, 1.165) is 32.1 Å². The summed E-state index contributed by atoms with van der Waals surface area (Å²) in [5.41, 5.74) is 0. The van der Waals surface area contributed by atoms with Gasteiger partial charge in [0.2, 0.25) is 0 Å². The van der Waals surface area contributed by atoms with Crippen LogP contribution in [0.25, 0.3) is 0 Å². The predicted octanol–water partition coefficient (Wildman–Crippen LogP) is 1.26. The molecule has 3 heteroatoms. The van der Waals surface area contributed by atoms with Crippen LogP contribution in [0.2, 0.25) is 0 Å². The monoisotopic (exact) mass is 172 g/mol. The second kappa shape index (κ2) is 4.45. The van der Waals surface area contributed by atoms with E-state index < -0.39 is 5.97 Å². The third-order valence-corrected chi connectivity index (χ3v) is 2.71. The van der Waals surface area contributed by atoms with E-state index in [-0.39, 0.29) is 18.4 Å². The van der Waals surface area contributed by atoms with Gasteiger partial charge in [0.1, 0.15) is 0 Å². The molecule has 0 aromatic heterocycles. The molecule has 70 valence electrons. The van der Waals surface area contributed by atoms with Crippen LogP contribution in [0.5, 0.6) is 0 Å². The number of carbonyl (C=O) groups is 1. The molecule has 0 amide bonds. The van der Waals surface area contributed by atoms with Gasteiger partial charge >= 0.3 is 5.97 Å². The van der Waals surface area contributed by atoms with Crippen LogP contribution in [-0.4, -0.2) is 22.8 Å². The molecule has 0 saturated heterocycles. The summed E-state index contributed by atoms with van der Waals surface area (Å²) in [7, 11) is 0. The zero-order valence-corrected chi connectivity index (χ0v) is 7.20. The molecule has 3 nitrogen and oxygen atoms in total. The quantitative estimate of drug-likeness (QED) is 0.616. The van der Waals surface area contributed by atoms with Gasteiger partial charge in [0.15, 0.2) is 0 Å². The number of carboxylic acid groups (broad SMARTS) is 1.